The maximum atomic E-state index is 12.4. The summed E-state index contributed by atoms with van der Waals surface area (Å²) in [6.07, 6.45) is 0. The first kappa shape index (κ1) is 13.9. The quantitative estimate of drug-likeness (QED) is 0.864. The van der Waals surface area contributed by atoms with E-state index in [2.05, 4.69) is 10.2 Å². The Hall–Kier alpha value is -1.11. The van der Waals surface area contributed by atoms with Gasteiger partial charge in [0.2, 0.25) is 0 Å². The third kappa shape index (κ3) is 2.43. The molecule has 1 N–H and O–H groups in total. The second-order valence-electron chi connectivity index (χ2n) is 5.17. The Morgan fingerprint density at radius 2 is 2.30 bits per heavy atom. The Balaban J connectivity index is 1.67. The standard InChI is InChI=1S/C13H16ClN3O2S/c1-8(12(18)10-2-3-11(14)20-10)16-4-5-17-9(7-16)6-15-13(17)19/h2-3,8-9H,4-7H2,1H3,(H,15,19). The highest BCUT2D eigenvalue weighted by molar-refractivity contribution is 7.18. The van der Waals surface area contributed by atoms with Crippen LogP contribution in [0.5, 0.6) is 0 Å². The summed E-state index contributed by atoms with van der Waals surface area (Å²) in [6, 6.07) is 3.55. The lowest BCUT2D eigenvalue weighted by molar-refractivity contribution is 0.0681. The summed E-state index contributed by atoms with van der Waals surface area (Å²) in [5.41, 5.74) is 0. The van der Waals surface area contributed by atoms with Crippen LogP contribution in [0.25, 0.3) is 0 Å². The van der Waals surface area contributed by atoms with Crippen LogP contribution in [0, 0.1) is 0 Å². The van der Waals surface area contributed by atoms with Crippen LogP contribution in [-0.2, 0) is 0 Å². The Labute approximate surface area is 126 Å². The van der Waals surface area contributed by atoms with Gasteiger partial charge in [-0.1, -0.05) is 11.6 Å². The molecule has 108 valence electrons. The van der Waals surface area contributed by atoms with Gasteiger partial charge in [-0.2, -0.15) is 0 Å². The van der Waals surface area contributed by atoms with Crippen LogP contribution in [0.3, 0.4) is 0 Å². The number of nitrogens with zero attached hydrogens (tertiary/aromatic N) is 2. The first-order valence-electron chi connectivity index (χ1n) is 6.64. The maximum Gasteiger partial charge on any atom is 0.317 e. The monoisotopic (exact) mass is 313 g/mol. The molecular weight excluding hydrogens is 298 g/mol. The fraction of sp³-hybridized carbons (Fsp3) is 0.538. The molecule has 2 atom stereocenters. The average Bonchev–Trinajstić information content (AvgIpc) is 3.04. The minimum Gasteiger partial charge on any atom is -0.336 e. The number of nitrogens with one attached hydrogen (secondary N) is 1. The van der Waals surface area contributed by atoms with Gasteiger partial charge in [0.15, 0.2) is 5.78 Å². The molecule has 0 aromatic carbocycles. The molecule has 3 rings (SSSR count). The average molecular weight is 314 g/mol. The molecular formula is C13H16ClN3O2S. The molecule has 20 heavy (non-hydrogen) atoms. The number of urea groups is 1. The summed E-state index contributed by atoms with van der Waals surface area (Å²) in [6.45, 7) is 4.75. The van der Waals surface area contributed by atoms with Crippen molar-refractivity contribution >= 4 is 34.8 Å². The van der Waals surface area contributed by atoms with Crippen LogP contribution in [0.1, 0.15) is 16.6 Å². The molecule has 2 amide bonds. The zero-order valence-corrected chi connectivity index (χ0v) is 12.7. The number of ketones is 1. The molecule has 1 aromatic rings. The number of rotatable bonds is 3. The van der Waals surface area contributed by atoms with Crippen LogP contribution in [0.4, 0.5) is 4.79 Å². The van der Waals surface area contributed by atoms with E-state index in [4.69, 9.17) is 11.6 Å². The number of Topliss-reactive ketones (excluding diaryl/α,β-unsaturated/α-hetero) is 1. The van der Waals surface area contributed by atoms with Crippen molar-refractivity contribution in [3.8, 4) is 0 Å². The number of hydrogen-bond acceptors (Lipinski definition) is 4. The molecule has 2 fully saturated rings. The molecule has 0 saturated carbocycles. The van der Waals surface area contributed by atoms with Crippen molar-refractivity contribution < 1.29 is 9.59 Å². The van der Waals surface area contributed by atoms with Gasteiger partial charge in [-0.05, 0) is 19.1 Å². The molecule has 0 radical (unpaired) electrons. The van der Waals surface area contributed by atoms with Crippen LogP contribution < -0.4 is 5.32 Å². The number of carbonyl (C=O) groups excluding carboxylic acids is 2. The van der Waals surface area contributed by atoms with E-state index >= 15 is 0 Å². The van der Waals surface area contributed by atoms with Gasteiger partial charge in [-0.3, -0.25) is 9.69 Å². The predicted octanol–water partition coefficient (Wildman–Crippen LogP) is 1.68. The second-order valence-corrected chi connectivity index (χ2v) is 6.89. The van der Waals surface area contributed by atoms with E-state index in [0.717, 1.165) is 13.1 Å². The van der Waals surface area contributed by atoms with Gasteiger partial charge in [0.05, 0.1) is 21.3 Å². The molecule has 5 nitrogen and oxygen atoms in total. The van der Waals surface area contributed by atoms with E-state index in [1.165, 1.54) is 11.3 Å². The third-order valence-electron chi connectivity index (χ3n) is 4.01. The zero-order chi connectivity index (χ0) is 14.3. The smallest absolute Gasteiger partial charge is 0.317 e. The number of fused-ring (bicyclic) bond motifs is 1. The highest BCUT2D eigenvalue weighted by Gasteiger charge is 2.38. The van der Waals surface area contributed by atoms with Gasteiger partial charge in [0.1, 0.15) is 0 Å². The lowest BCUT2D eigenvalue weighted by Crippen LogP contribution is -2.55. The van der Waals surface area contributed by atoms with Crippen LogP contribution in [0.2, 0.25) is 4.34 Å². The van der Waals surface area contributed by atoms with Crippen molar-refractivity contribution in [3.05, 3.63) is 21.3 Å². The summed E-state index contributed by atoms with van der Waals surface area (Å²) >= 11 is 7.20. The minimum absolute atomic E-state index is 0.0127. The van der Waals surface area contributed by atoms with E-state index in [1.807, 2.05) is 11.8 Å². The van der Waals surface area contributed by atoms with Crippen molar-refractivity contribution in [2.24, 2.45) is 0 Å². The SMILES string of the molecule is CC(C(=O)c1ccc(Cl)s1)N1CCN2C(=O)NCC2C1. The molecule has 2 aliphatic rings. The van der Waals surface area contributed by atoms with Crippen LogP contribution >= 0.6 is 22.9 Å². The van der Waals surface area contributed by atoms with Gasteiger partial charge in [-0.15, -0.1) is 11.3 Å². The van der Waals surface area contributed by atoms with Crippen molar-refractivity contribution in [2.75, 3.05) is 26.2 Å². The molecule has 0 aliphatic carbocycles. The van der Waals surface area contributed by atoms with Crippen molar-refractivity contribution in [1.29, 1.82) is 0 Å². The zero-order valence-electron chi connectivity index (χ0n) is 11.1. The van der Waals surface area contributed by atoms with E-state index < -0.39 is 0 Å². The normalized spacial score (nSPS) is 24.4. The lowest BCUT2D eigenvalue weighted by Gasteiger charge is -2.38. The van der Waals surface area contributed by atoms with Crippen LogP contribution in [0.15, 0.2) is 12.1 Å². The Morgan fingerprint density at radius 3 is 3.00 bits per heavy atom. The molecule has 3 heterocycles. The van der Waals surface area contributed by atoms with E-state index in [-0.39, 0.29) is 23.9 Å². The predicted molar refractivity (Wildman–Crippen MR) is 78.6 cm³/mol. The molecule has 1 aromatic heterocycles. The fourth-order valence-corrected chi connectivity index (χ4v) is 3.86. The molecule has 0 bridgehead atoms. The number of halogens is 1. The number of carbonyl (C=O) groups is 2. The number of thiophene rings is 1. The number of amides is 2. The summed E-state index contributed by atoms with van der Waals surface area (Å²) in [5, 5.41) is 2.85. The molecule has 0 spiro atoms. The van der Waals surface area contributed by atoms with Crippen molar-refractivity contribution in [1.82, 2.24) is 15.1 Å². The van der Waals surface area contributed by atoms with Crippen LogP contribution in [-0.4, -0.2) is 59.9 Å². The topological polar surface area (TPSA) is 52.7 Å². The van der Waals surface area contributed by atoms with E-state index in [9.17, 15) is 9.59 Å². The van der Waals surface area contributed by atoms with E-state index in [1.54, 1.807) is 12.1 Å². The lowest BCUT2D eigenvalue weighted by atomic mass is 10.1. The molecule has 2 aliphatic heterocycles. The molecule has 2 unspecified atom stereocenters. The van der Waals surface area contributed by atoms with Crippen molar-refractivity contribution in [2.45, 2.75) is 19.0 Å². The number of hydrogen-bond donors (Lipinski definition) is 1. The highest BCUT2D eigenvalue weighted by atomic mass is 35.5. The van der Waals surface area contributed by atoms with Gasteiger partial charge in [0, 0.05) is 26.2 Å². The van der Waals surface area contributed by atoms with Gasteiger partial charge >= 0.3 is 6.03 Å². The molecule has 2 saturated heterocycles. The number of piperazine rings is 1. The molecule has 7 heteroatoms. The summed E-state index contributed by atoms with van der Waals surface area (Å²) in [4.78, 5) is 28.7. The van der Waals surface area contributed by atoms with Gasteiger partial charge < -0.3 is 10.2 Å². The summed E-state index contributed by atoms with van der Waals surface area (Å²) in [5.74, 6) is 0.104. The maximum absolute atomic E-state index is 12.4. The van der Waals surface area contributed by atoms with Gasteiger partial charge in [0.25, 0.3) is 0 Å². The van der Waals surface area contributed by atoms with E-state index in [0.29, 0.717) is 22.3 Å². The first-order valence-corrected chi connectivity index (χ1v) is 7.84. The Morgan fingerprint density at radius 1 is 1.50 bits per heavy atom. The third-order valence-corrected chi connectivity index (χ3v) is 5.25. The minimum atomic E-state index is -0.178. The van der Waals surface area contributed by atoms with Gasteiger partial charge in [-0.25, -0.2) is 4.79 Å². The Bertz CT molecular complexity index is 547. The fourth-order valence-electron chi connectivity index (χ4n) is 2.80. The second kappa shape index (κ2) is 5.35. The van der Waals surface area contributed by atoms with Crippen molar-refractivity contribution in [3.63, 3.8) is 0 Å². The summed E-state index contributed by atoms with van der Waals surface area (Å²) < 4.78 is 0.635. The highest BCUT2D eigenvalue weighted by Crippen LogP contribution is 2.24. The Kier molecular flexibility index (Phi) is 3.70. The summed E-state index contributed by atoms with van der Waals surface area (Å²) in [7, 11) is 0. The first-order chi connectivity index (χ1) is 9.56. The largest absolute Gasteiger partial charge is 0.336 e.